The molecule has 2 aromatic rings. The molecule has 1 fully saturated rings. The number of rotatable bonds is 8. The number of benzene rings is 1. The number of hydrogen-bond acceptors (Lipinski definition) is 5. The minimum Gasteiger partial charge on any atom is -0.497 e. The van der Waals surface area contributed by atoms with E-state index >= 15 is 0 Å². The lowest BCUT2D eigenvalue weighted by Crippen LogP contribution is -2.42. The SMILES string of the molecule is CCc1cc(CNC(=NC)NCC(c2ccc(OC)cc2)N2CCCC2)on1.I. The van der Waals surface area contributed by atoms with E-state index < -0.39 is 0 Å². The first-order valence-corrected chi connectivity index (χ1v) is 10.0. The van der Waals surface area contributed by atoms with E-state index in [1.165, 1.54) is 18.4 Å². The third kappa shape index (κ3) is 6.60. The zero-order valence-electron chi connectivity index (χ0n) is 17.5. The molecule has 2 N–H and O–H groups in total. The molecule has 0 radical (unpaired) electrons. The summed E-state index contributed by atoms with van der Waals surface area (Å²) in [6.07, 6.45) is 3.38. The second kappa shape index (κ2) is 12.0. The maximum atomic E-state index is 5.33. The summed E-state index contributed by atoms with van der Waals surface area (Å²) in [7, 11) is 3.48. The molecule has 0 saturated carbocycles. The highest BCUT2D eigenvalue weighted by Crippen LogP contribution is 2.26. The van der Waals surface area contributed by atoms with Gasteiger partial charge in [-0.05, 0) is 50.0 Å². The Morgan fingerprint density at radius 1 is 1.24 bits per heavy atom. The Hall–Kier alpha value is -1.81. The fourth-order valence-electron chi connectivity index (χ4n) is 3.53. The molecule has 3 rings (SSSR count). The predicted octanol–water partition coefficient (Wildman–Crippen LogP) is 3.37. The lowest BCUT2D eigenvalue weighted by molar-refractivity contribution is 0.245. The highest BCUT2D eigenvalue weighted by molar-refractivity contribution is 14.0. The Balaban J connectivity index is 0.00000300. The van der Waals surface area contributed by atoms with Crippen molar-refractivity contribution < 1.29 is 9.26 Å². The Labute approximate surface area is 190 Å². The molecule has 1 unspecified atom stereocenters. The molecule has 7 nitrogen and oxygen atoms in total. The summed E-state index contributed by atoms with van der Waals surface area (Å²) in [5, 5.41) is 10.8. The summed E-state index contributed by atoms with van der Waals surface area (Å²) in [5.74, 6) is 2.45. The van der Waals surface area contributed by atoms with E-state index in [4.69, 9.17) is 9.26 Å². The fraction of sp³-hybridized carbons (Fsp3) is 0.524. The number of guanidine groups is 1. The molecule has 1 saturated heterocycles. The number of aliphatic imine (C=N–C) groups is 1. The number of aryl methyl sites for hydroxylation is 1. The first kappa shape index (κ1) is 23.5. The first-order chi connectivity index (χ1) is 13.7. The second-order valence-electron chi connectivity index (χ2n) is 6.98. The van der Waals surface area contributed by atoms with Gasteiger partial charge in [0.05, 0.1) is 25.4 Å². The van der Waals surface area contributed by atoms with E-state index in [0.29, 0.717) is 12.6 Å². The summed E-state index contributed by atoms with van der Waals surface area (Å²) >= 11 is 0. The number of halogens is 1. The minimum atomic E-state index is 0. The third-order valence-corrected chi connectivity index (χ3v) is 5.17. The van der Waals surface area contributed by atoms with Gasteiger partial charge in [0.15, 0.2) is 11.7 Å². The lowest BCUT2D eigenvalue weighted by atomic mass is 10.1. The van der Waals surface area contributed by atoms with Crippen LogP contribution in [0.15, 0.2) is 39.8 Å². The summed E-state index contributed by atoms with van der Waals surface area (Å²) in [6, 6.07) is 10.6. The Kier molecular flexibility index (Phi) is 9.72. The van der Waals surface area contributed by atoms with Gasteiger partial charge < -0.3 is 19.9 Å². The van der Waals surface area contributed by atoms with Gasteiger partial charge in [0, 0.05) is 19.7 Å². The summed E-state index contributed by atoms with van der Waals surface area (Å²) in [6.45, 7) is 5.66. The Bertz CT molecular complexity index is 757. The standard InChI is InChI=1S/C21H31N5O2.HI/c1-4-17-13-19(28-25-17)14-23-21(22-2)24-15-20(26-11-5-6-12-26)16-7-9-18(27-3)10-8-16;/h7-10,13,20H,4-6,11-12,14-15H2,1-3H3,(H2,22,23,24);1H. The van der Waals surface area contributed by atoms with E-state index in [-0.39, 0.29) is 24.0 Å². The van der Waals surface area contributed by atoms with Gasteiger partial charge in [-0.3, -0.25) is 9.89 Å². The molecule has 0 aliphatic carbocycles. The van der Waals surface area contributed by atoms with Crippen molar-refractivity contribution >= 4 is 29.9 Å². The van der Waals surface area contributed by atoms with E-state index in [2.05, 4.69) is 44.7 Å². The molecule has 0 spiro atoms. The van der Waals surface area contributed by atoms with Crippen molar-refractivity contribution in [1.82, 2.24) is 20.7 Å². The zero-order chi connectivity index (χ0) is 19.8. The van der Waals surface area contributed by atoms with Crippen molar-refractivity contribution in [2.45, 2.75) is 38.8 Å². The minimum absolute atomic E-state index is 0. The molecule has 1 aromatic carbocycles. The molecule has 0 bridgehead atoms. The Morgan fingerprint density at radius 2 is 1.97 bits per heavy atom. The van der Waals surface area contributed by atoms with E-state index in [1.807, 2.05) is 18.2 Å². The van der Waals surface area contributed by atoms with Crippen LogP contribution in [0.3, 0.4) is 0 Å². The number of methoxy groups -OCH3 is 1. The molecule has 1 aliphatic heterocycles. The maximum Gasteiger partial charge on any atom is 0.191 e. The molecule has 160 valence electrons. The smallest absolute Gasteiger partial charge is 0.191 e. The van der Waals surface area contributed by atoms with Gasteiger partial charge in [0.2, 0.25) is 0 Å². The fourth-order valence-corrected chi connectivity index (χ4v) is 3.53. The quantitative estimate of drug-likeness (QED) is 0.321. The lowest BCUT2D eigenvalue weighted by Gasteiger charge is -2.29. The monoisotopic (exact) mass is 513 g/mol. The summed E-state index contributed by atoms with van der Waals surface area (Å²) < 4.78 is 10.6. The average Bonchev–Trinajstić information content (AvgIpc) is 3.43. The highest BCUT2D eigenvalue weighted by Gasteiger charge is 2.23. The van der Waals surface area contributed by atoms with Gasteiger partial charge in [-0.2, -0.15) is 0 Å². The second-order valence-corrected chi connectivity index (χ2v) is 6.98. The molecule has 8 heteroatoms. The van der Waals surface area contributed by atoms with Crippen LogP contribution in [0.2, 0.25) is 0 Å². The number of aromatic nitrogens is 1. The van der Waals surface area contributed by atoms with Gasteiger partial charge in [-0.15, -0.1) is 24.0 Å². The number of ether oxygens (including phenoxy) is 1. The number of nitrogens with zero attached hydrogens (tertiary/aromatic N) is 3. The summed E-state index contributed by atoms with van der Waals surface area (Å²) in [4.78, 5) is 6.88. The molecular formula is C21H32IN5O2. The van der Waals surface area contributed by atoms with Crippen molar-refractivity contribution in [3.05, 3.63) is 47.3 Å². The molecule has 29 heavy (non-hydrogen) atoms. The van der Waals surface area contributed by atoms with Gasteiger partial charge in [-0.1, -0.05) is 24.2 Å². The number of nitrogens with one attached hydrogen (secondary N) is 2. The summed E-state index contributed by atoms with van der Waals surface area (Å²) in [5.41, 5.74) is 2.25. The van der Waals surface area contributed by atoms with Crippen LogP contribution in [0.1, 0.15) is 42.8 Å². The molecule has 2 heterocycles. The van der Waals surface area contributed by atoms with Crippen molar-refractivity contribution in [1.29, 1.82) is 0 Å². The predicted molar refractivity (Wildman–Crippen MR) is 126 cm³/mol. The van der Waals surface area contributed by atoms with Crippen LogP contribution in [0.4, 0.5) is 0 Å². The van der Waals surface area contributed by atoms with Crippen molar-refractivity contribution in [3.63, 3.8) is 0 Å². The molecular weight excluding hydrogens is 481 g/mol. The third-order valence-electron chi connectivity index (χ3n) is 5.17. The highest BCUT2D eigenvalue weighted by atomic mass is 127. The van der Waals surface area contributed by atoms with Gasteiger partial charge in [0.25, 0.3) is 0 Å². The van der Waals surface area contributed by atoms with Gasteiger partial charge >= 0.3 is 0 Å². The largest absolute Gasteiger partial charge is 0.497 e. The van der Waals surface area contributed by atoms with Crippen LogP contribution in [-0.2, 0) is 13.0 Å². The van der Waals surface area contributed by atoms with Crippen molar-refractivity contribution in [2.75, 3.05) is 33.8 Å². The van der Waals surface area contributed by atoms with Crippen molar-refractivity contribution in [2.24, 2.45) is 4.99 Å². The molecule has 1 aliphatic rings. The zero-order valence-corrected chi connectivity index (χ0v) is 19.8. The molecule has 0 amide bonds. The maximum absolute atomic E-state index is 5.33. The molecule has 1 atom stereocenters. The number of likely N-dealkylation sites (tertiary alicyclic amines) is 1. The topological polar surface area (TPSA) is 74.9 Å². The van der Waals surface area contributed by atoms with Crippen LogP contribution in [0.5, 0.6) is 5.75 Å². The first-order valence-electron chi connectivity index (χ1n) is 10.0. The van der Waals surface area contributed by atoms with Crippen LogP contribution >= 0.6 is 24.0 Å². The van der Waals surface area contributed by atoms with Crippen molar-refractivity contribution in [3.8, 4) is 5.75 Å². The normalized spacial score (nSPS) is 15.6. The van der Waals surface area contributed by atoms with E-state index in [0.717, 1.165) is 49.2 Å². The molecule has 1 aromatic heterocycles. The Morgan fingerprint density at radius 3 is 2.55 bits per heavy atom. The van der Waals surface area contributed by atoms with Crippen LogP contribution in [0.25, 0.3) is 0 Å². The van der Waals surface area contributed by atoms with Crippen LogP contribution in [0, 0.1) is 0 Å². The van der Waals surface area contributed by atoms with E-state index in [9.17, 15) is 0 Å². The average molecular weight is 513 g/mol. The van der Waals surface area contributed by atoms with Gasteiger partial charge in [0.1, 0.15) is 5.75 Å². The number of hydrogen-bond donors (Lipinski definition) is 2. The van der Waals surface area contributed by atoms with Gasteiger partial charge in [-0.25, -0.2) is 0 Å². The van der Waals surface area contributed by atoms with E-state index in [1.54, 1.807) is 14.2 Å². The van der Waals surface area contributed by atoms with Crippen LogP contribution < -0.4 is 15.4 Å². The van der Waals surface area contributed by atoms with Crippen LogP contribution in [-0.4, -0.2) is 49.8 Å².